The van der Waals surface area contributed by atoms with Gasteiger partial charge in [-0.2, -0.15) is 0 Å². The number of piperazine rings is 1. The summed E-state index contributed by atoms with van der Waals surface area (Å²) in [5.41, 5.74) is 1.20. The number of hydrogen-bond acceptors (Lipinski definition) is 4. The summed E-state index contributed by atoms with van der Waals surface area (Å²) in [5.74, 6) is -0.187. The molecule has 0 saturated carbocycles. The molecule has 0 radical (unpaired) electrons. The molecular formula is C16H24ClN3O3S. The van der Waals surface area contributed by atoms with Gasteiger partial charge in [0.15, 0.2) is 0 Å². The Hall–Kier alpha value is -1.31. The van der Waals surface area contributed by atoms with Crippen LogP contribution in [0.5, 0.6) is 0 Å². The molecule has 0 spiro atoms. The van der Waals surface area contributed by atoms with Crippen molar-refractivity contribution in [3.05, 3.63) is 28.8 Å². The summed E-state index contributed by atoms with van der Waals surface area (Å²) in [6.45, 7) is 6.21. The van der Waals surface area contributed by atoms with Gasteiger partial charge in [0.25, 0.3) is 0 Å². The lowest BCUT2D eigenvalue weighted by molar-refractivity contribution is -0.133. The van der Waals surface area contributed by atoms with Crippen LogP contribution >= 0.6 is 11.6 Å². The van der Waals surface area contributed by atoms with E-state index in [9.17, 15) is 13.2 Å². The summed E-state index contributed by atoms with van der Waals surface area (Å²) in [6, 6.07) is 4.23. The maximum absolute atomic E-state index is 12.8. The fourth-order valence-electron chi connectivity index (χ4n) is 2.89. The number of halogens is 1. The fourth-order valence-corrected chi connectivity index (χ4v) is 4.27. The van der Waals surface area contributed by atoms with E-state index < -0.39 is 16.1 Å². The van der Waals surface area contributed by atoms with Gasteiger partial charge in [-0.05, 0) is 38.6 Å². The zero-order valence-electron chi connectivity index (χ0n) is 14.5. The van der Waals surface area contributed by atoms with Crippen LogP contribution < -0.4 is 4.31 Å². The van der Waals surface area contributed by atoms with Crippen molar-refractivity contribution in [2.75, 3.05) is 43.8 Å². The number of nitrogens with zero attached hydrogens (tertiary/aromatic N) is 3. The molecule has 0 bridgehead atoms. The van der Waals surface area contributed by atoms with E-state index in [0.29, 0.717) is 23.8 Å². The molecule has 8 heteroatoms. The maximum Gasteiger partial charge on any atom is 0.246 e. The summed E-state index contributed by atoms with van der Waals surface area (Å²) in [6.07, 6.45) is 1.11. The molecule has 24 heavy (non-hydrogen) atoms. The van der Waals surface area contributed by atoms with Gasteiger partial charge in [-0.15, -0.1) is 0 Å². The van der Waals surface area contributed by atoms with Crippen molar-refractivity contribution in [3.63, 3.8) is 0 Å². The Morgan fingerprint density at radius 2 is 1.83 bits per heavy atom. The van der Waals surface area contributed by atoms with Crippen LogP contribution in [0.2, 0.25) is 5.02 Å². The second-order valence-corrected chi connectivity index (χ2v) is 8.59. The minimum absolute atomic E-state index is 0.187. The highest BCUT2D eigenvalue weighted by atomic mass is 35.5. The SMILES string of the molecule is Cc1ccc(Cl)cc1N([C@@H](C)C(=O)N1CCN(C)CC1)S(C)(=O)=O. The first-order valence-electron chi connectivity index (χ1n) is 7.84. The predicted octanol–water partition coefficient (Wildman–Crippen LogP) is 1.58. The van der Waals surface area contributed by atoms with Crippen molar-refractivity contribution in [2.24, 2.45) is 0 Å². The van der Waals surface area contributed by atoms with Crippen LogP contribution in [-0.4, -0.2) is 69.6 Å². The van der Waals surface area contributed by atoms with Crippen LogP contribution in [0.4, 0.5) is 5.69 Å². The van der Waals surface area contributed by atoms with E-state index in [2.05, 4.69) is 4.90 Å². The number of amides is 1. The standard InChI is InChI=1S/C16H24ClN3O3S/c1-12-5-6-14(17)11-15(12)20(24(4,22)23)13(2)16(21)19-9-7-18(3)8-10-19/h5-6,11,13H,7-10H2,1-4H3/t13-/m0/s1. The van der Waals surface area contributed by atoms with Crippen LogP contribution in [0.3, 0.4) is 0 Å². The number of sulfonamides is 1. The number of carbonyl (C=O) groups is 1. The highest BCUT2D eigenvalue weighted by Gasteiger charge is 2.33. The zero-order valence-corrected chi connectivity index (χ0v) is 16.1. The minimum atomic E-state index is -3.63. The first-order chi connectivity index (χ1) is 11.1. The molecule has 1 aliphatic heterocycles. The minimum Gasteiger partial charge on any atom is -0.338 e. The number of likely N-dealkylation sites (N-methyl/N-ethyl adjacent to an activating group) is 1. The van der Waals surface area contributed by atoms with Crippen LogP contribution in [0, 0.1) is 6.92 Å². The van der Waals surface area contributed by atoms with E-state index in [1.165, 1.54) is 4.31 Å². The normalized spacial score (nSPS) is 17.6. The highest BCUT2D eigenvalue weighted by Crippen LogP contribution is 2.28. The lowest BCUT2D eigenvalue weighted by atomic mass is 10.1. The van der Waals surface area contributed by atoms with Gasteiger partial charge in [-0.1, -0.05) is 17.7 Å². The molecule has 1 atom stereocenters. The Morgan fingerprint density at radius 3 is 2.38 bits per heavy atom. The molecule has 1 amide bonds. The van der Waals surface area contributed by atoms with Gasteiger partial charge < -0.3 is 9.80 Å². The topological polar surface area (TPSA) is 60.9 Å². The van der Waals surface area contributed by atoms with E-state index in [-0.39, 0.29) is 5.91 Å². The van der Waals surface area contributed by atoms with E-state index in [1.807, 2.05) is 7.05 Å². The van der Waals surface area contributed by atoms with E-state index in [1.54, 1.807) is 36.9 Å². The van der Waals surface area contributed by atoms with Crippen molar-refractivity contribution >= 4 is 33.2 Å². The molecule has 1 heterocycles. The van der Waals surface area contributed by atoms with Gasteiger partial charge in [0.1, 0.15) is 6.04 Å². The molecule has 2 rings (SSSR count). The Kier molecular flexibility index (Phi) is 5.78. The van der Waals surface area contributed by atoms with Gasteiger partial charge in [0, 0.05) is 31.2 Å². The van der Waals surface area contributed by atoms with Crippen molar-refractivity contribution in [3.8, 4) is 0 Å². The lowest BCUT2D eigenvalue weighted by Gasteiger charge is -2.37. The fraction of sp³-hybridized carbons (Fsp3) is 0.562. The molecule has 1 aromatic rings. The number of benzene rings is 1. The molecule has 1 saturated heterocycles. The summed E-state index contributed by atoms with van der Waals surface area (Å²) in [4.78, 5) is 16.7. The Labute approximate surface area is 149 Å². The number of rotatable bonds is 4. The van der Waals surface area contributed by atoms with Gasteiger partial charge in [-0.3, -0.25) is 9.10 Å². The molecule has 134 valence electrons. The van der Waals surface area contributed by atoms with Crippen molar-refractivity contribution in [1.82, 2.24) is 9.80 Å². The number of hydrogen-bond donors (Lipinski definition) is 0. The monoisotopic (exact) mass is 373 g/mol. The van der Waals surface area contributed by atoms with Gasteiger partial charge in [0.05, 0.1) is 11.9 Å². The Morgan fingerprint density at radius 1 is 1.25 bits per heavy atom. The van der Waals surface area contributed by atoms with Crippen LogP contribution in [0.15, 0.2) is 18.2 Å². The van der Waals surface area contributed by atoms with E-state index >= 15 is 0 Å². The van der Waals surface area contributed by atoms with Gasteiger partial charge in [-0.25, -0.2) is 8.42 Å². The predicted molar refractivity (Wildman–Crippen MR) is 97.1 cm³/mol. The second kappa shape index (κ2) is 7.29. The number of anilines is 1. The van der Waals surface area contributed by atoms with Crippen LogP contribution in [-0.2, 0) is 14.8 Å². The second-order valence-electron chi connectivity index (χ2n) is 6.29. The first-order valence-corrected chi connectivity index (χ1v) is 10.1. The summed E-state index contributed by atoms with van der Waals surface area (Å²) in [7, 11) is -1.63. The maximum atomic E-state index is 12.8. The van der Waals surface area contributed by atoms with E-state index in [4.69, 9.17) is 11.6 Å². The number of aryl methyl sites for hydroxylation is 1. The van der Waals surface area contributed by atoms with Crippen LogP contribution in [0.25, 0.3) is 0 Å². The zero-order chi connectivity index (χ0) is 18.1. The molecule has 1 aliphatic rings. The average molecular weight is 374 g/mol. The molecule has 0 aliphatic carbocycles. The third-order valence-electron chi connectivity index (χ3n) is 4.29. The first kappa shape index (κ1) is 19.0. The van der Waals surface area contributed by atoms with Crippen LogP contribution in [0.1, 0.15) is 12.5 Å². The Bertz CT molecular complexity index is 715. The molecule has 0 N–H and O–H groups in total. The third kappa shape index (κ3) is 4.20. The molecular weight excluding hydrogens is 350 g/mol. The summed E-state index contributed by atoms with van der Waals surface area (Å²) >= 11 is 6.04. The van der Waals surface area contributed by atoms with E-state index in [0.717, 1.165) is 24.9 Å². The molecule has 0 aromatic heterocycles. The lowest BCUT2D eigenvalue weighted by Crippen LogP contribution is -2.54. The molecule has 1 aromatic carbocycles. The average Bonchev–Trinajstić information content (AvgIpc) is 2.49. The molecule has 6 nitrogen and oxygen atoms in total. The quantitative estimate of drug-likeness (QED) is 0.803. The third-order valence-corrected chi connectivity index (χ3v) is 5.75. The van der Waals surface area contributed by atoms with Crippen molar-refractivity contribution in [1.29, 1.82) is 0 Å². The number of carbonyl (C=O) groups excluding carboxylic acids is 1. The highest BCUT2D eigenvalue weighted by molar-refractivity contribution is 7.92. The summed E-state index contributed by atoms with van der Waals surface area (Å²) < 4.78 is 25.9. The Balaban J connectivity index is 2.34. The van der Waals surface area contributed by atoms with Gasteiger partial charge >= 0.3 is 0 Å². The smallest absolute Gasteiger partial charge is 0.246 e. The largest absolute Gasteiger partial charge is 0.338 e. The van der Waals surface area contributed by atoms with Crippen molar-refractivity contribution in [2.45, 2.75) is 19.9 Å². The molecule has 0 unspecified atom stereocenters. The molecule has 1 fully saturated rings. The van der Waals surface area contributed by atoms with Gasteiger partial charge in [0.2, 0.25) is 15.9 Å². The van der Waals surface area contributed by atoms with Crippen molar-refractivity contribution < 1.29 is 13.2 Å². The summed E-state index contributed by atoms with van der Waals surface area (Å²) in [5, 5.41) is 0.434.